The molecule has 6 unspecified atom stereocenters. The molecule has 1 saturated carbocycles. The number of anilines is 4. The molecule has 13 heteroatoms. The molecule has 0 bridgehead atoms. The van der Waals surface area contributed by atoms with Crippen LogP contribution in [0.5, 0.6) is 17.2 Å². The second-order valence-electron chi connectivity index (χ2n) is 14.0. The third-order valence-electron chi connectivity index (χ3n) is 11.1. The van der Waals surface area contributed by atoms with Crippen molar-refractivity contribution >= 4 is 75.7 Å². The first-order valence-electron chi connectivity index (χ1n) is 17.6. The van der Waals surface area contributed by atoms with Gasteiger partial charge in [0.05, 0.1) is 37.4 Å². The smallest absolute Gasteiger partial charge is 0.258 e. The van der Waals surface area contributed by atoms with Crippen LogP contribution in [-0.4, -0.2) is 52.7 Å². The fourth-order valence-electron chi connectivity index (χ4n) is 8.50. The highest BCUT2D eigenvalue weighted by molar-refractivity contribution is 6.58. The molecule has 2 heterocycles. The number of ether oxygens (including phenoxy) is 2. The van der Waals surface area contributed by atoms with Gasteiger partial charge in [-0.15, -0.1) is 23.2 Å². The first-order chi connectivity index (χ1) is 26.4. The van der Waals surface area contributed by atoms with Gasteiger partial charge in [0.1, 0.15) is 5.82 Å². The zero-order valence-electron chi connectivity index (χ0n) is 29.5. The average Bonchev–Trinajstić information content (AvgIpc) is 3.53. The molecule has 6 atom stereocenters. The number of alkyl halides is 2. The molecule has 0 radical (unpaired) electrons. The number of nitrogens with one attached hydrogen (secondary N) is 1. The van der Waals surface area contributed by atoms with Crippen LogP contribution in [0, 0.1) is 29.5 Å². The van der Waals surface area contributed by atoms with Crippen molar-refractivity contribution in [2.75, 3.05) is 29.3 Å². The second kappa shape index (κ2) is 13.6. The predicted molar refractivity (Wildman–Crippen MR) is 206 cm³/mol. The number of amides is 4. The minimum atomic E-state index is -2.09. The maximum absolute atomic E-state index is 14.6. The Bertz CT molecular complexity index is 2280. The van der Waals surface area contributed by atoms with Gasteiger partial charge in [0.15, 0.2) is 21.2 Å². The molecule has 2 saturated heterocycles. The van der Waals surface area contributed by atoms with Gasteiger partial charge in [-0.3, -0.25) is 24.1 Å². The van der Waals surface area contributed by atoms with Crippen LogP contribution in [-0.2, 0) is 19.2 Å². The number of aromatic hydroxyl groups is 1. The molecule has 4 amide bonds. The summed E-state index contributed by atoms with van der Waals surface area (Å²) in [5, 5.41) is 13.8. The molecule has 0 aromatic heterocycles. The standard InChI is InChI=1S/C42H34Cl2FN3O7/c1-54-33-20-23(21-34(55-2)36(33)49)8-19-32-29-17-18-30-35(38(51)47(37(30)50)27-15-11-26(12-16-27)46-25-6-4-3-5-7-25)31(29)22-41(43)39(52)48(40(53)42(32,41)44)28-13-9-24(45)10-14-28/h3-17,19-21,30-32,35,46,49H,18,22H2,1-2H3. The zero-order chi connectivity index (χ0) is 38.8. The summed E-state index contributed by atoms with van der Waals surface area (Å²) in [5.74, 6) is -6.44. The predicted octanol–water partition coefficient (Wildman–Crippen LogP) is 7.61. The Balaban J connectivity index is 1.19. The van der Waals surface area contributed by atoms with E-state index in [2.05, 4.69) is 5.32 Å². The van der Waals surface area contributed by atoms with E-state index in [0.29, 0.717) is 16.8 Å². The summed E-state index contributed by atoms with van der Waals surface area (Å²) >= 11 is 14.9. The number of phenolic OH excluding ortho intramolecular Hbond substituents is 1. The lowest BCUT2D eigenvalue weighted by molar-refractivity contribution is -0.125. The lowest BCUT2D eigenvalue weighted by atomic mass is 9.57. The summed E-state index contributed by atoms with van der Waals surface area (Å²) in [5.41, 5.74) is 3.21. The number of benzene rings is 4. The molecular weight excluding hydrogens is 748 g/mol. The lowest BCUT2D eigenvalue weighted by Gasteiger charge is -2.49. The minimum absolute atomic E-state index is 0.0833. The zero-order valence-corrected chi connectivity index (χ0v) is 31.1. The molecule has 3 fully saturated rings. The number of methoxy groups -OCH3 is 2. The van der Waals surface area contributed by atoms with E-state index >= 15 is 0 Å². The molecule has 2 aliphatic heterocycles. The Morgan fingerprint density at radius 3 is 2.04 bits per heavy atom. The van der Waals surface area contributed by atoms with Crippen LogP contribution >= 0.6 is 23.2 Å². The number of allylic oxidation sites excluding steroid dienone is 3. The molecule has 10 nitrogen and oxygen atoms in total. The normalized spacial score (nSPS) is 27.2. The first kappa shape index (κ1) is 36.3. The number of nitrogens with zero attached hydrogens (tertiary/aromatic N) is 2. The summed E-state index contributed by atoms with van der Waals surface area (Å²) in [4.78, 5) is 55.5. The number of hydrogen-bond acceptors (Lipinski definition) is 8. The van der Waals surface area contributed by atoms with E-state index in [9.17, 15) is 28.7 Å². The number of phenols is 1. The Morgan fingerprint density at radius 1 is 0.800 bits per heavy atom. The quantitative estimate of drug-likeness (QED) is 0.106. The molecule has 2 aliphatic carbocycles. The van der Waals surface area contributed by atoms with Crippen LogP contribution in [0.4, 0.5) is 27.1 Å². The van der Waals surface area contributed by atoms with Crippen molar-refractivity contribution in [3.05, 3.63) is 120 Å². The van der Waals surface area contributed by atoms with E-state index in [1.54, 1.807) is 48.6 Å². The lowest BCUT2D eigenvalue weighted by Crippen LogP contribution is -2.60. The summed E-state index contributed by atoms with van der Waals surface area (Å²) in [6, 6.07) is 24.5. The van der Waals surface area contributed by atoms with Gasteiger partial charge in [-0.05, 0) is 97.1 Å². The van der Waals surface area contributed by atoms with Crippen molar-refractivity contribution in [1.82, 2.24) is 0 Å². The largest absolute Gasteiger partial charge is 0.502 e. The van der Waals surface area contributed by atoms with Gasteiger partial charge in [0.25, 0.3) is 11.8 Å². The third kappa shape index (κ3) is 5.59. The number of hydrogen-bond donors (Lipinski definition) is 2. The SMILES string of the molecule is COc1cc(C=CC2C3=CCC4C(=O)N(c5ccc(Nc6ccccc6)cc5)C(=O)C4C3CC3(Cl)C(=O)N(c4ccc(F)cc4)C(=O)C23Cl)cc(OC)c1O. The molecule has 4 aromatic rings. The molecule has 4 aliphatic rings. The van der Waals surface area contributed by atoms with Gasteiger partial charge in [0, 0.05) is 17.3 Å². The first-order valence-corrected chi connectivity index (χ1v) is 18.3. The molecule has 0 spiro atoms. The summed E-state index contributed by atoms with van der Waals surface area (Å²) in [7, 11) is 2.78. The van der Waals surface area contributed by atoms with Crippen LogP contribution in [0.15, 0.2) is 109 Å². The molecule has 2 N–H and O–H groups in total. The summed E-state index contributed by atoms with van der Waals surface area (Å²) in [6.45, 7) is 0. The van der Waals surface area contributed by atoms with Gasteiger partial charge in [-0.2, -0.15) is 0 Å². The molecule has 280 valence electrons. The van der Waals surface area contributed by atoms with Crippen molar-refractivity contribution in [3.8, 4) is 17.2 Å². The number of carbonyl (C=O) groups excluding carboxylic acids is 4. The van der Waals surface area contributed by atoms with Crippen LogP contribution in [0.3, 0.4) is 0 Å². The maximum atomic E-state index is 14.6. The number of rotatable bonds is 8. The number of imide groups is 2. The van der Waals surface area contributed by atoms with Crippen molar-refractivity contribution in [2.24, 2.45) is 23.7 Å². The van der Waals surface area contributed by atoms with E-state index in [1.165, 1.54) is 31.3 Å². The van der Waals surface area contributed by atoms with Gasteiger partial charge >= 0.3 is 0 Å². The minimum Gasteiger partial charge on any atom is -0.502 e. The number of para-hydroxylation sites is 1. The Hall–Kier alpha value is -5.65. The van der Waals surface area contributed by atoms with Crippen molar-refractivity contribution in [2.45, 2.75) is 22.6 Å². The molecular formula is C42H34Cl2FN3O7. The number of fused-ring (bicyclic) bond motifs is 4. The topological polar surface area (TPSA) is 125 Å². The highest BCUT2D eigenvalue weighted by atomic mass is 35.5. The molecule has 4 aromatic carbocycles. The summed E-state index contributed by atoms with van der Waals surface area (Å²) < 4.78 is 24.6. The van der Waals surface area contributed by atoms with Crippen molar-refractivity contribution in [1.29, 1.82) is 0 Å². The Labute approximate surface area is 325 Å². The van der Waals surface area contributed by atoms with E-state index < -0.39 is 57.0 Å². The van der Waals surface area contributed by atoms with Crippen LogP contribution in [0.1, 0.15) is 18.4 Å². The maximum Gasteiger partial charge on any atom is 0.258 e. The highest BCUT2D eigenvalue weighted by Gasteiger charge is 2.76. The third-order valence-corrected chi connectivity index (χ3v) is 12.6. The number of halogens is 3. The average molecular weight is 783 g/mol. The van der Waals surface area contributed by atoms with Crippen LogP contribution in [0.25, 0.3) is 6.08 Å². The molecule has 8 rings (SSSR count). The van der Waals surface area contributed by atoms with Crippen molar-refractivity contribution in [3.63, 3.8) is 0 Å². The summed E-state index contributed by atoms with van der Waals surface area (Å²) in [6.07, 6.45) is 5.08. The van der Waals surface area contributed by atoms with Gasteiger partial charge in [-0.1, -0.05) is 42.0 Å². The van der Waals surface area contributed by atoms with E-state index in [1.807, 2.05) is 36.4 Å². The fourth-order valence-corrected chi connectivity index (χ4v) is 9.39. The monoisotopic (exact) mass is 781 g/mol. The van der Waals surface area contributed by atoms with Crippen molar-refractivity contribution < 1.29 is 38.1 Å². The van der Waals surface area contributed by atoms with Gasteiger partial charge in [-0.25, -0.2) is 9.29 Å². The highest BCUT2D eigenvalue weighted by Crippen LogP contribution is 2.63. The van der Waals surface area contributed by atoms with E-state index in [-0.39, 0.29) is 41.7 Å². The number of carbonyl (C=O) groups is 4. The fraction of sp³-hybridized carbons (Fsp3) is 0.238. The van der Waals surface area contributed by atoms with E-state index in [4.69, 9.17) is 32.7 Å². The Kier molecular flexibility index (Phi) is 8.97. The van der Waals surface area contributed by atoms with E-state index in [0.717, 1.165) is 28.4 Å². The molecule has 55 heavy (non-hydrogen) atoms. The Morgan fingerprint density at radius 2 is 1.40 bits per heavy atom. The van der Waals surface area contributed by atoms with Gasteiger partial charge in [0.2, 0.25) is 17.6 Å². The van der Waals surface area contributed by atoms with Gasteiger partial charge < -0.3 is 19.9 Å². The van der Waals surface area contributed by atoms with Crippen LogP contribution < -0.4 is 24.6 Å². The second-order valence-corrected chi connectivity index (χ2v) is 15.2. The van der Waals surface area contributed by atoms with Crippen LogP contribution in [0.2, 0.25) is 0 Å².